The first kappa shape index (κ1) is 30.5. The fourth-order valence-electron chi connectivity index (χ4n) is 5.18. The highest BCUT2D eigenvalue weighted by Gasteiger charge is 2.50. The molecule has 2 aromatic carbocycles. The van der Waals surface area contributed by atoms with Gasteiger partial charge in [0.1, 0.15) is 60.7 Å². The fraction of sp³-hybridized carbons (Fsp3) is 0.296. The van der Waals surface area contributed by atoms with E-state index in [1.165, 1.54) is 17.1 Å². The van der Waals surface area contributed by atoms with E-state index in [0.717, 1.165) is 16.8 Å². The van der Waals surface area contributed by atoms with Gasteiger partial charge in [-0.3, -0.25) is 9.55 Å². The van der Waals surface area contributed by atoms with Crippen LogP contribution in [0.5, 0.6) is 0 Å². The summed E-state index contributed by atoms with van der Waals surface area (Å²) in [6, 6.07) is 7.61. The molecule has 0 bridgehead atoms. The smallest absolute Gasteiger partial charge is 0.261 e. The summed E-state index contributed by atoms with van der Waals surface area (Å²) >= 11 is 9.20. The number of aliphatic hydroxyl groups is 2. The van der Waals surface area contributed by atoms with Crippen molar-refractivity contribution in [2.45, 2.75) is 36.9 Å². The summed E-state index contributed by atoms with van der Waals surface area (Å²) in [6.45, 7) is -1.74. The van der Waals surface area contributed by atoms with Gasteiger partial charge < -0.3 is 19.7 Å². The van der Waals surface area contributed by atoms with E-state index in [4.69, 9.17) is 21.1 Å². The highest BCUT2D eigenvalue weighted by molar-refractivity contribution is 9.10. The Morgan fingerprint density at radius 3 is 2.64 bits per heavy atom. The van der Waals surface area contributed by atoms with Gasteiger partial charge in [0.2, 0.25) is 0 Å². The van der Waals surface area contributed by atoms with Gasteiger partial charge in [0.15, 0.2) is 5.82 Å². The standard InChI is InChI=1S/C27H21BrClF4N7O4/c28-21-15(30)5-13(6-16(21)31)17-8-40(38-36-17)23-24(42)19(9-41)44-26(25(23)43-10-20(32)33)27-37-35-11-39(27)18-7-14(29)4-12-2-1-3-34-22(12)18/h1-8,11,19-20,23-26,41-42H,9-10H2/t19-,23+,24+,25-,26-/m1/s1. The Kier molecular flexibility index (Phi) is 8.63. The monoisotopic (exact) mass is 697 g/mol. The van der Waals surface area contributed by atoms with Crippen LogP contribution in [0.25, 0.3) is 27.8 Å². The number of rotatable bonds is 8. The summed E-state index contributed by atoms with van der Waals surface area (Å²) in [5.41, 5.74) is 0.994. The minimum Gasteiger partial charge on any atom is -0.394 e. The summed E-state index contributed by atoms with van der Waals surface area (Å²) in [5.74, 6) is -1.71. The van der Waals surface area contributed by atoms with Crippen LogP contribution in [-0.2, 0) is 9.47 Å². The molecule has 0 aliphatic carbocycles. The Bertz CT molecular complexity index is 1790. The van der Waals surface area contributed by atoms with Crippen LogP contribution in [0.3, 0.4) is 0 Å². The molecule has 0 radical (unpaired) electrons. The molecule has 0 amide bonds. The number of ether oxygens (including phenoxy) is 2. The van der Waals surface area contributed by atoms with Crippen molar-refractivity contribution in [1.29, 1.82) is 0 Å². The second-order valence-electron chi connectivity index (χ2n) is 9.84. The Hall–Kier alpha value is -3.54. The zero-order valence-corrected chi connectivity index (χ0v) is 24.5. The molecule has 1 aliphatic heterocycles. The number of alkyl halides is 2. The summed E-state index contributed by atoms with van der Waals surface area (Å²) in [4.78, 5) is 4.43. The fourth-order valence-corrected chi connectivity index (χ4v) is 5.63. The summed E-state index contributed by atoms with van der Waals surface area (Å²) in [7, 11) is 0. The highest BCUT2D eigenvalue weighted by Crippen LogP contribution is 2.41. The lowest BCUT2D eigenvalue weighted by atomic mass is 9.91. The highest BCUT2D eigenvalue weighted by atomic mass is 79.9. The minimum atomic E-state index is -2.90. The lowest BCUT2D eigenvalue weighted by molar-refractivity contribution is -0.229. The maximum absolute atomic E-state index is 14.2. The van der Waals surface area contributed by atoms with Gasteiger partial charge in [-0.05, 0) is 46.3 Å². The summed E-state index contributed by atoms with van der Waals surface area (Å²) in [5, 5.41) is 38.6. The van der Waals surface area contributed by atoms with E-state index in [1.54, 1.807) is 30.5 Å². The SMILES string of the molecule is OC[C@H]1O[C@@H](c2nncn2-c2cc(Cl)cc3cccnc23)[C@H](OCC(F)F)[C@@H](n2cc(-c3cc(F)c(Br)c(F)c3)nn2)[C@H]1O. The molecule has 44 heavy (non-hydrogen) atoms. The third-order valence-electron chi connectivity index (χ3n) is 7.11. The van der Waals surface area contributed by atoms with Crippen LogP contribution in [0.2, 0.25) is 5.02 Å². The van der Waals surface area contributed by atoms with E-state index < -0.39 is 61.7 Å². The molecule has 230 valence electrons. The molecule has 0 saturated carbocycles. The van der Waals surface area contributed by atoms with E-state index in [1.807, 2.05) is 0 Å². The number of pyridine rings is 1. The summed E-state index contributed by atoms with van der Waals surface area (Å²) in [6.07, 6.45) is -4.25. The Morgan fingerprint density at radius 1 is 1.14 bits per heavy atom. The molecule has 5 atom stereocenters. The number of hydrogen-bond donors (Lipinski definition) is 2. The van der Waals surface area contributed by atoms with E-state index in [-0.39, 0.29) is 21.6 Å². The molecule has 3 aromatic heterocycles. The first-order valence-electron chi connectivity index (χ1n) is 13.0. The van der Waals surface area contributed by atoms with Gasteiger partial charge in [0.25, 0.3) is 6.43 Å². The minimum absolute atomic E-state index is 0.0124. The molecule has 5 aromatic rings. The first-order chi connectivity index (χ1) is 21.2. The van der Waals surface area contributed by atoms with Gasteiger partial charge in [0.05, 0.1) is 28.5 Å². The molecule has 1 saturated heterocycles. The largest absolute Gasteiger partial charge is 0.394 e. The average Bonchev–Trinajstić information content (AvgIpc) is 3.68. The van der Waals surface area contributed by atoms with Crippen molar-refractivity contribution < 1.29 is 37.2 Å². The van der Waals surface area contributed by atoms with Crippen LogP contribution in [-0.4, -0.2) is 82.9 Å². The molecule has 0 unspecified atom stereocenters. The number of aliphatic hydroxyl groups excluding tert-OH is 2. The van der Waals surface area contributed by atoms with Crippen molar-refractivity contribution in [3.05, 3.63) is 82.1 Å². The van der Waals surface area contributed by atoms with Gasteiger partial charge in [-0.1, -0.05) is 22.9 Å². The number of halogens is 6. The second kappa shape index (κ2) is 12.5. The number of fused-ring (bicyclic) bond motifs is 1. The van der Waals surface area contributed by atoms with Crippen LogP contribution < -0.4 is 0 Å². The predicted molar refractivity (Wildman–Crippen MR) is 150 cm³/mol. The summed E-state index contributed by atoms with van der Waals surface area (Å²) < 4.78 is 69.4. The molecule has 17 heteroatoms. The first-order valence-corrected chi connectivity index (χ1v) is 14.2. The Labute approximate surface area is 259 Å². The second-order valence-corrected chi connectivity index (χ2v) is 11.1. The van der Waals surface area contributed by atoms with E-state index in [9.17, 15) is 27.8 Å². The molecule has 4 heterocycles. The Balaban J connectivity index is 1.46. The number of nitrogens with zero attached hydrogens (tertiary/aromatic N) is 7. The Morgan fingerprint density at radius 2 is 1.91 bits per heavy atom. The zero-order valence-electron chi connectivity index (χ0n) is 22.2. The van der Waals surface area contributed by atoms with Crippen LogP contribution in [0.4, 0.5) is 17.6 Å². The third-order valence-corrected chi connectivity index (χ3v) is 8.09. The van der Waals surface area contributed by atoms with Crippen molar-refractivity contribution in [2.24, 2.45) is 0 Å². The normalized spacial score (nSPS) is 22.2. The molecular weight excluding hydrogens is 678 g/mol. The average molecular weight is 699 g/mol. The number of hydrogen-bond acceptors (Lipinski definition) is 9. The van der Waals surface area contributed by atoms with Crippen LogP contribution in [0.15, 0.2) is 59.6 Å². The maximum atomic E-state index is 14.2. The molecule has 0 spiro atoms. The quantitative estimate of drug-likeness (QED) is 0.178. The third kappa shape index (κ3) is 5.68. The van der Waals surface area contributed by atoms with Crippen LogP contribution in [0, 0.1) is 11.6 Å². The number of benzene rings is 2. The van der Waals surface area contributed by atoms with Gasteiger partial charge in [-0.15, -0.1) is 15.3 Å². The van der Waals surface area contributed by atoms with Gasteiger partial charge in [0, 0.05) is 22.2 Å². The van der Waals surface area contributed by atoms with Gasteiger partial charge in [-0.2, -0.15) is 0 Å². The molecule has 6 rings (SSSR count). The topological polar surface area (TPSA) is 133 Å². The van der Waals surface area contributed by atoms with Crippen molar-refractivity contribution >= 4 is 38.4 Å². The van der Waals surface area contributed by atoms with Crippen molar-refractivity contribution in [3.63, 3.8) is 0 Å². The molecule has 1 fully saturated rings. The molecule has 2 N–H and O–H groups in total. The van der Waals surface area contributed by atoms with E-state index in [0.29, 0.717) is 21.6 Å². The number of aromatic nitrogens is 7. The van der Waals surface area contributed by atoms with E-state index >= 15 is 0 Å². The van der Waals surface area contributed by atoms with Crippen LogP contribution in [0.1, 0.15) is 18.0 Å². The lowest BCUT2D eigenvalue weighted by Crippen LogP contribution is -2.54. The van der Waals surface area contributed by atoms with Crippen molar-refractivity contribution in [2.75, 3.05) is 13.2 Å². The molecule has 1 aliphatic rings. The van der Waals surface area contributed by atoms with E-state index in [2.05, 4.69) is 41.4 Å². The van der Waals surface area contributed by atoms with Gasteiger partial charge >= 0.3 is 0 Å². The van der Waals surface area contributed by atoms with Crippen LogP contribution >= 0.6 is 27.5 Å². The predicted octanol–water partition coefficient (Wildman–Crippen LogP) is 4.45. The zero-order chi connectivity index (χ0) is 31.1. The molecular formula is C27H21BrClF4N7O4. The van der Waals surface area contributed by atoms with Gasteiger partial charge in [-0.25, -0.2) is 22.2 Å². The van der Waals surface area contributed by atoms with Crippen molar-refractivity contribution in [1.82, 2.24) is 34.7 Å². The van der Waals surface area contributed by atoms with Crippen molar-refractivity contribution in [3.8, 4) is 16.9 Å². The lowest BCUT2D eigenvalue weighted by Gasteiger charge is -2.43. The maximum Gasteiger partial charge on any atom is 0.261 e. The molecule has 11 nitrogen and oxygen atoms in total.